The molecule has 0 atom stereocenters. The van der Waals surface area contributed by atoms with E-state index in [-0.39, 0.29) is 23.8 Å². The van der Waals surface area contributed by atoms with Gasteiger partial charge in [0.1, 0.15) is 0 Å². The van der Waals surface area contributed by atoms with E-state index >= 15 is 0 Å². The number of hydrogen-bond acceptors (Lipinski definition) is 4. The van der Waals surface area contributed by atoms with Crippen molar-refractivity contribution >= 4 is 17.7 Å². The van der Waals surface area contributed by atoms with Crippen LogP contribution < -0.4 is 5.32 Å². The summed E-state index contributed by atoms with van der Waals surface area (Å²) < 4.78 is 0. The zero-order valence-electron chi connectivity index (χ0n) is 15.7. The largest absolute Gasteiger partial charge is 0.352 e. The topological polar surface area (TPSA) is 95.2 Å². The molecule has 0 unspecified atom stereocenters. The number of carbonyl (C=O) groups is 3. The Morgan fingerprint density at radius 2 is 1.86 bits per heavy atom. The highest BCUT2D eigenvalue weighted by Crippen LogP contribution is 2.31. The van der Waals surface area contributed by atoms with Gasteiger partial charge in [-0.05, 0) is 31.0 Å². The fourth-order valence-electron chi connectivity index (χ4n) is 4.08. The maximum absolute atomic E-state index is 12.9. The van der Waals surface area contributed by atoms with Crippen LogP contribution in [0.15, 0.2) is 30.7 Å². The van der Waals surface area contributed by atoms with Gasteiger partial charge in [0.2, 0.25) is 0 Å². The highest BCUT2D eigenvalue weighted by molar-refractivity contribution is 6.22. The average molecular weight is 380 g/mol. The lowest BCUT2D eigenvalue weighted by molar-refractivity contribution is 0.0569. The molecule has 2 aliphatic rings. The van der Waals surface area contributed by atoms with Crippen molar-refractivity contribution in [1.82, 2.24) is 20.2 Å². The van der Waals surface area contributed by atoms with Gasteiger partial charge >= 0.3 is 0 Å². The van der Waals surface area contributed by atoms with E-state index in [1.807, 2.05) is 0 Å². The van der Waals surface area contributed by atoms with Crippen molar-refractivity contribution in [2.24, 2.45) is 0 Å². The van der Waals surface area contributed by atoms with Crippen LogP contribution in [0.1, 0.15) is 75.3 Å². The second-order valence-electron chi connectivity index (χ2n) is 7.47. The minimum atomic E-state index is -0.265. The number of benzene rings is 1. The van der Waals surface area contributed by atoms with Crippen molar-refractivity contribution in [2.45, 2.75) is 51.0 Å². The lowest BCUT2D eigenvalue weighted by atomic mass is 10.1. The van der Waals surface area contributed by atoms with Crippen LogP contribution in [0.3, 0.4) is 0 Å². The molecule has 2 aromatic rings. The lowest BCUT2D eigenvalue weighted by Crippen LogP contribution is -2.39. The van der Waals surface area contributed by atoms with Crippen LogP contribution in [0, 0.1) is 0 Å². The molecule has 0 saturated heterocycles. The number of rotatable bonds is 5. The van der Waals surface area contributed by atoms with Crippen molar-refractivity contribution < 1.29 is 14.4 Å². The molecule has 1 aromatic heterocycles. The minimum absolute atomic E-state index is 0.0263. The summed E-state index contributed by atoms with van der Waals surface area (Å²) in [5, 5.41) is 2.84. The van der Waals surface area contributed by atoms with Crippen molar-refractivity contribution in [3.8, 4) is 0 Å². The third-order valence-corrected chi connectivity index (χ3v) is 5.60. The summed E-state index contributed by atoms with van der Waals surface area (Å²) in [6.45, 7) is 0.458. The van der Waals surface area contributed by atoms with Crippen molar-refractivity contribution in [3.05, 3.63) is 53.1 Å². The number of nitrogens with zero attached hydrogens (tertiary/aromatic N) is 2. The minimum Gasteiger partial charge on any atom is -0.352 e. The van der Waals surface area contributed by atoms with E-state index in [1.165, 1.54) is 4.90 Å². The fourth-order valence-corrected chi connectivity index (χ4v) is 4.08. The normalized spacial score (nSPS) is 17.5. The number of H-pyrrole nitrogens is 1. The van der Waals surface area contributed by atoms with Gasteiger partial charge in [0.15, 0.2) is 0 Å². The number of aromatic nitrogens is 2. The number of carbonyl (C=O) groups excluding carboxylic acids is 3. The van der Waals surface area contributed by atoms with Crippen molar-refractivity contribution in [1.29, 1.82) is 0 Å². The van der Waals surface area contributed by atoms with Gasteiger partial charge in [-0.2, -0.15) is 0 Å². The standard InChI is InChI=1S/C21H24N4O3/c26-19(23-10-9-15-12-22-13-24-15)14-7-8-17-18(11-14)21(28)25(20(17)27)16-5-3-1-2-4-6-16/h7-8,11-13,16H,1-6,9-10H2,(H,22,24)(H,23,26). The number of amides is 3. The Kier molecular flexibility index (Phi) is 5.23. The first-order chi connectivity index (χ1) is 13.6. The van der Waals surface area contributed by atoms with Gasteiger partial charge in [-0.15, -0.1) is 0 Å². The molecule has 28 heavy (non-hydrogen) atoms. The smallest absolute Gasteiger partial charge is 0.261 e. The Morgan fingerprint density at radius 1 is 1.11 bits per heavy atom. The van der Waals surface area contributed by atoms with Crippen LogP contribution in [0.2, 0.25) is 0 Å². The first-order valence-electron chi connectivity index (χ1n) is 9.92. The molecule has 0 spiro atoms. The molecule has 146 valence electrons. The highest BCUT2D eigenvalue weighted by atomic mass is 16.2. The molecule has 2 heterocycles. The Hall–Kier alpha value is -2.96. The summed E-state index contributed by atoms with van der Waals surface area (Å²) in [5.41, 5.74) is 2.08. The number of imide groups is 1. The number of hydrogen-bond donors (Lipinski definition) is 2. The molecule has 2 N–H and O–H groups in total. The summed E-state index contributed by atoms with van der Waals surface area (Å²) >= 11 is 0. The van der Waals surface area contributed by atoms with E-state index in [0.717, 1.165) is 44.2 Å². The summed E-state index contributed by atoms with van der Waals surface area (Å²) in [6, 6.07) is 4.75. The molecule has 7 nitrogen and oxygen atoms in total. The van der Waals surface area contributed by atoms with Gasteiger partial charge < -0.3 is 10.3 Å². The average Bonchev–Trinajstić information content (AvgIpc) is 3.19. The first kappa shape index (κ1) is 18.4. The molecule has 1 aliphatic carbocycles. The molecule has 4 rings (SSSR count). The molecule has 1 aliphatic heterocycles. The van der Waals surface area contributed by atoms with Crippen LogP contribution in [-0.4, -0.2) is 45.2 Å². The maximum Gasteiger partial charge on any atom is 0.261 e. The Balaban J connectivity index is 1.46. The van der Waals surface area contributed by atoms with Crippen LogP contribution in [0.25, 0.3) is 0 Å². The van der Waals surface area contributed by atoms with Gasteiger partial charge in [-0.1, -0.05) is 25.7 Å². The number of aromatic amines is 1. The molecule has 7 heteroatoms. The second kappa shape index (κ2) is 7.96. The molecule has 1 saturated carbocycles. The molecule has 1 aromatic carbocycles. The van der Waals surface area contributed by atoms with E-state index in [0.29, 0.717) is 29.7 Å². The molecule has 3 amide bonds. The van der Waals surface area contributed by atoms with E-state index in [1.54, 1.807) is 30.7 Å². The zero-order chi connectivity index (χ0) is 19.5. The van der Waals surface area contributed by atoms with Gasteiger partial charge in [0, 0.05) is 36.5 Å². The summed E-state index contributed by atoms with van der Waals surface area (Å²) in [5.74, 6) is -0.743. The fraction of sp³-hybridized carbons (Fsp3) is 0.429. The highest BCUT2D eigenvalue weighted by Gasteiger charge is 2.40. The van der Waals surface area contributed by atoms with Crippen LogP contribution in [0.4, 0.5) is 0 Å². The summed E-state index contributed by atoms with van der Waals surface area (Å²) in [7, 11) is 0. The number of imidazole rings is 1. The van der Waals surface area contributed by atoms with E-state index in [2.05, 4.69) is 15.3 Å². The third kappa shape index (κ3) is 3.56. The predicted molar refractivity (Wildman–Crippen MR) is 103 cm³/mol. The van der Waals surface area contributed by atoms with E-state index < -0.39 is 0 Å². The van der Waals surface area contributed by atoms with Crippen LogP contribution in [0.5, 0.6) is 0 Å². The van der Waals surface area contributed by atoms with Gasteiger partial charge in [-0.25, -0.2) is 4.98 Å². The van der Waals surface area contributed by atoms with Crippen LogP contribution >= 0.6 is 0 Å². The Morgan fingerprint density at radius 3 is 2.57 bits per heavy atom. The van der Waals surface area contributed by atoms with Crippen LogP contribution in [-0.2, 0) is 6.42 Å². The van der Waals surface area contributed by atoms with E-state index in [4.69, 9.17) is 0 Å². The second-order valence-corrected chi connectivity index (χ2v) is 7.47. The Bertz CT molecular complexity index is 883. The molecule has 1 fully saturated rings. The quantitative estimate of drug-likeness (QED) is 0.616. The maximum atomic E-state index is 12.9. The van der Waals surface area contributed by atoms with Gasteiger partial charge in [0.05, 0.1) is 17.5 Å². The third-order valence-electron chi connectivity index (χ3n) is 5.60. The lowest BCUT2D eigenvalue weighted by Gasteiger charge is -2.24. The summed E-state index contributed by atoms with van der Waals surface area (Å²) in [6.07, 6.45) is 10.1. The Labute approximate surface area is 163 Å². The van der Waals surface area contributed by atoms with Crippen molar-refractivity contribution in [2.75, 3.05) is 6.54 Å². The first-order valence-corrected chi connectivity index (χ1v) is 9.92. The van der Waals surface area contributed by atoms with Gasteiger partial charge in [0.25, 0.3) is 17.7 Å². The van der Waals surface area contributed by atoms with Crippen molar-refractivity contribution in [3.63, 3.8) is 0 Å². The molecular formula is C21H24N4O3. The SMILES string of the molecule is O=C(NCCc1cnc[nH]1)c1ccc2c(c1)C(=O)N(C1CCCCCC1)C2=O. The molecular weight excluding hydrogens is 356 g/mol. The van der Waals surface area contributed by atoms with Gasteiger partial charge in [-0.3, -0.25) is 19.3 Å². The monoisotopic (exact) mass is 380 g/mol. The van der Waals surface area contributed by atoms with E-state index in [9.17, 15) is 14.4 Å². The molecule has 0 bridgehead atoms. The molecule has 0 radical (unpaired) electrons. The zero-order valence-corrected chi connectivity index (χ0v) is 15.7. The summed E-state index contributed by atoms with van der Waals surface area (Å²) in [4.78, 5) is 46.5. The number of fused-ring (bicyclic) bond motifs is 1. The predicted octanol–water partition coefficient (Wildman–Crippen LogP) is 2.70. The number of nitrogens with one attached hydrogen (secondary N) is 2.